The predicted octanol–water partition coefficient (Wildman–Crippen LogP) is 4.88. The maximum absolute atomic E-state index is 13.8. The van der Waals surface area contributed by atoms with Gasteiger partial charge < -0.3 is 5.73 Å². The molecule has 0 amide bonds. The number of nitrogen functional groups attached to an aromatic ring is 1. The van der Waals surface area contributed by atoms with Gasteiger partial charge in [-0.1, -0.05) is 6.07 Å². The molecular formula is C13H7Br2FIN3. The normalized spacial score (nSPS) is 11.2. The summed E-state index contributed by atoms with van der Waals surface area (Å²) in [4.78, 5) is 4.30. The minimum atomic E-state index is -0.289. The van der Waals surface area contributed by atoms with E-state index in [-0.39, 0.29) is 5.82 Å². The van der Waals surface area contributed by atoms with E-state index in [0.717, 1.165) is 14.6 Å². The molecule has 2 N–H and O–H groups in total. The molecule has 0 aliphatic heterocycles. The number of nitrogens with two attached hydrogens (primary N) is 1. The SMILES string of the molecule is Nc1nc2cc(I)c(F)cc2n1-c1c(Br)cccc1Br. The van der Waals surface area contributed by atoms with Crippen molar-refractivity contribution in [2.75, 3.05) is 5.73 Å². The van der Waals surface area contributed by atoms with Gasteiger partial charge in [0.2, 0.25) is 5.95 Å². The van der Waals surface area contributed by atoms with Crippen molar-refractivity contribution < 1.29 is 4.39 Å². The third-order valence-electron chi connectivity index (χ3n) is 2.88. The van der Waals surface area contributed by atoms with Crippen molar-refractivity contribution in [3.63, 3.8) is 0 Å². The Bertz CT molecular complexity index is 812. The Balaban J connectivity index is 2.42. The second-order valence-corrected chi connectivity index (χ2v) is 7.00. The van der Waals surface area contributed by atoms with Crippen LogP contribution in [0.15, 0.2) is 39.3 Å². The van der Waals surface area contributed by atoms with E-state index in [2.05, 4.69) is 36.8 Å². The molecule has 20 heavy (non-hydrogen) atoms. The summed E-state index contributed by atoms with van der Waals surface area (Å²) < 4.78 is 17.8. The Morgan fingerprint density at radius 2 is 1.85 bits per heavy atom. The lowest BCUT2D eigenvalue weighted by Crippen LogP contribution is -2.02. The van der Waals surface area contributed by atoms with Gasteiger partial charge in [-0.3, -0.25) is 4.57 Å². The zero-order valence-corrected chi connectivity index (χ0v) is 15.2. The summed E-state index contributed by atoms with van der Waals surface area (Å²) in [6, 6.07) is 8.83. The van der Waals surface area contributed by atoms with Crippen molar-refractivity contribution in [3.8, 4) is 5.69 Å². The summed E-state index contributed by atoms with van der Waals surface area (Å²) in [5.74, 6) is 0.0245. The molecule has 7 heteroatoms. The molecule has 0 spiro atoms. The fourth-order valence-corrected chi connectivity index (χ4v) is 3.83. The zero-order chi connectivity index (χ0) is 14.4. The molecule has 1 aromatic heterocycles. The van der Waals surface area contributed by atoms with Crippen LogP contribution in [-0.2, 0) is 0 Å². The zero-order valence-electron chi connectivity index (χ0n) is 9.87. The lowest BCUT2D eigenvalue weighted by molar-refractivity contribution is 0.622. The summed E-state index contributed by atoms with van der Waals surface area (Å²) >= 11 is 8.92. The molecule has 0 atom stereocenters. The molecule has 1 heterocycles. The molecule has 3 rings (SSSR count). The van der Waals surface area contributed by atoms with Crippen LogP contribution in [0.25, 0.3) is 16.7 Å². The van der Waals surface area contributed by atoms with Crippen molar-refractivity contribution in [3.05, 3.63) is 48.7 Å². The third kappa shape index (κ3) is 2.25. The van der Waals surface area contributed by atoms with Crippen molar-refractivity contribution in [1.29, 1.82) is 0 Å². The van der Waals surface area contributed by atoms with Crippen molar-refractivity contribution in [2.24, 2.45) is 0 Å². The van der Waals surface area contributed by atoms with Crippen molar-refractivity contribution in [1.82, 2.24) is 9.55 Å². The number of nitrogens with zero attached hydrogens (tertiary/aromatic N) is 2. The number of anilines is 1. The smallest absolute Gasteiger partial charge is 0.206 e. The Kier molecular flexibility index (Phi) is 3.76. The molecule has 3 nitrogen and oxygen atoms in total. The molecule has 0 saturated carbocycles. The summed E-state index contributed by atoms with van der Waals surface area (Å²) in [6.07, 6.45) is 0. The number of hydrogen-bond donors (Lipinski definition) is 1. The first-order valence-electron chi connectivity index (χ1n) is 5.56. The minimum Gasteiger partial charge on any atom is -0.369 e. The van der Waals surface area contributed by atoms with Gasteiger partial charge in [0.05, 0.1) is 20.3 Å². The van der Waals surface area contributed by atoms with Gasteiger partial charge in [0, 0.05) is 15.0 Å². The van der Waals surface area contributed by atoms with E-state index in [9.17, 15) is 4.39 Å². The molecule has 0 unspecified atom stereocenters. The lowest BCUT2D eigenvalue weighted by atomic mass is 10.2. The molecular weight excluding hydrogens is 504 g/mol. The van der Waals surface area contributed by atoms with Crippen LogP contribution in [0.1, 0.15) is 0 Å². The number of hydrogen-bond acceptors (Lipinski definition) is 2. The predicted molar refractivity (Wildman–Crippen MR) is 93.6 cm³/mol. The molecule has 2 aromatic carbocycles. The van der Waals surface area contributed by atoms with Gasteiger partial charge in [-0.15, -0.1) is 0 Å². The Labute approximate surface area is 144 Å². The van der Waals surface area contributed by atoms with Crippen LogP contribution < -0.4 is 5.73 Å². The van der Waals surface area contributed by atoms with Gasteiger partial charge in [-0.25, -0.2) is 9.37 Å². The van der Waals surface area contributed by atoms with Crippen LogP contribution in [0, 0.1) is 9.39 Å². The molecule has 0 fully saturated rings. The van der Waals surface area contributed by atoms with Gasteiger partial charge in [-0.2, -0.15) is 0 Å². The van der Waals surface area contributed by atoms with Gasteiger partial charge in [-0.05, 0) is 72.6 Å². The van der Waals surface area contributed by atoms with Crippen LogP contribution in [0.5, 0.6) is 0 Å². The van der Waals surface area contributed by atoms with Gasteiger partial charge >= 0.3 is 0 Å². The van der Waals surface area contributed by atoms with Crippen LogP contribution in [0.4, 0.5) is 10.3 Å². The van der Waals surface area contributed by atoms with Gasteiger partial charge in [0.25, 0.3) is 0 Å². The first-order valence-corrected chi connectivity index (χ1v) is 8.23. The fourth-order valence-electron chi connectivity index (χ4n) is 2.03. The average molecular weight is 511 g/mol. The number of rotatable bonds is 1. The number of aromatic nitrogens is 2. The molecule has 0 bridgehead atoms. The highest BCUT2D eigenvalue weighted by atomic mass is 127. The molecule has 0 radical (unpaired) electrons. The maximum Gasteiger partial charge on any atom is 0.206 e. The van der Waals surface area contributed by atoms with Crippen molar-refractivity contribution in [2.45, 2.75) is 0 Å². The highest BCUT2D eigenvalue weighted by Gasteiger charge is 2.16. The Morgan fingerprint density at radius 1 is 1.20 bits per heavy atom. The van der Waals surface area contributed by atoms with Crippen LogP contribution in [-0.4, -0.2) is 9.55 Å². The van der Waals surface area contributed by atoms with Crippen LogP contribution in [0.3, 0.4) is 0 Å². The van der Waals surface area contributed by atoms with E-state index in [1.54, 1.807) is 10.6 Å². The Hall–Kier alpha value is -0.670. The number of para-hydroxylation sites is 1. The summed E-state index contributed by atoms with van der Waals surface area (Å²) in [5, 5.41) is 0. The van der Waals surface area contributed by atoms with E-state index >= 15 is 0 Å². The third-order valence-corrected chi connectivity index (χ3v) is 4.99. The monoisotopic (exact) mass is 509 g/mol. The fraction of sp³-hybridized carbons (Fsp3) is 0. The van der Waals surface area contributed by atoms with E-state index in [0.29, 0.717) is 20.6 Å². The van der Waals surface area contributed by atoms with Crippen LogP contribution >= 0.6 is 54.5 Å². The first kappa shape index (κ1) is 14.3. The molecule has 102 valence electrons. The standard InChI is InChI=1S/C13H7Br2FIN3/c14-6-2-1-3-7(15)12(6)20-11-4-8(16)9(17)5-10(11)19-13(20)18/h1-5H,(H2,18,19). The second kappa shape index (κ2) is 5.27. The molecule has 3 aromatic rings. The van der Waals surface area contributed by atoms with Gasteiger partial charge in [0.1, 0.15) is 5.82 Å². The first-order chi connectivity index (χ1) is 9.49. The topological polar surface area (TPSA) is 43.8 Å². The van der Waals surface area contributed by atoms with E-state index in [1.807, 2.05) is 40.8 Å². The Morgan fingerprint density at radius 3 is 2.50 bits per heavy atom. The van der Waals surface area contributed by atoms with Crippen LogP contribution in [0.2, 0.25) is 0 Å². The highest BCUT2D eigenvalue weighted by molar-refractivity contribution is 14.1. The minimum absolute atomic E-state index is 0.289. The van der Waals surface area contributed by atoms with E-state index < -0.39 is 0 Å². The summed E-state index contributed by atoms with van der Waals surface area (Å²) in [5.41, 5.74) is 8.10. The molecule has 0 saturated heterocycles. The highest BCUT2D eigenvalue weighted by Crippen LogP contribution is 2.34. The lowest BCUT2D eigenvalue weighted by Gasteiger charge is -2.11. The van der Waals surface area contributed by atoms with E-state index in [1.165, 1.54) is 6.07 Å². The quantitative estimate of drug-likeness (QED) is 0.474. The van der Waals surface area contributed by atoms with Gasteiger partial charge in [0.15, 0.2) is 0 Å². The van der Waals surface area contributed by atoms with Crippen molar-refractivity contribution >= 4 is 71.4 Å². The second-order valence-electron chi connectivity index (χ2n) is 4.13. The number of fused-ring (bicyclic) bond motifs is 1. The van der Waals surface area contributed by atoms with E-state index in [4.69, 9.17) is 5.73 Å². The summed E-state index contributed by atoms with van der Waals surface area (Å²) in [7, 11) is 0. The maximum atomic E-state index is 13.8. The largest absolute Gasteiger partial charge is 0.369 e. The molecule has 0 aliphatic carbocycles. The number of benzene rings is 2. The number of imidazole rings is 1. The molecule has 0 aliphatic rings. The average Bonchev–Trinajstić information content (AvgIpc) is 2.67. The summed E-state index contributed by atoms with van der Waals surface area (Å²) in [6.45, 7) is 0. The number of halogens is 4.